The predicted molar refractivity (Wildman–Crippen MR) is 72.8 cm³/mol. The average molecular weight is 246 g/mol. The molecule has 2 heterocycles. The highest BCUT2D eigenvalue weighted by Crippen LogP contribution is 2.37. The average Bonchev–Trinajstić information content (AvgIpc) is 2.89. The number of likely N-dealkylation sites (tertiary alicyclic amines) is 1. The zero-order valence-electron chi connectivity index (χ0n) is 10.8. The highest BCUT2D eigenvalue weighted by Gasteiger charge is 2.34. The number of nitrogens with two attached hydrogens (primary N) is 1. The molecule has 4 heteroatoms. The van der Waals surface area contributed by atoms with Crippen molar-refractivity contribution in [1.82, 2.24) is 9.88 Å². The molecule has 1 saturated heterocycles. The van der Waals surface area contributed by atoms with Crippen molar-refractivity contribution in [2.24, 2.45) is 11.8 Å². The Kier molecular flexibility index (Phi) is 3.48. The Morgan fingerprint density at radius 2 is 2.17 bits per heavy atom. The highest BCUT2D eigenvalue weighted by atomic mass is 15.2. The molecule has 0 bridgehead atoms. The molecule has 3 N–H and O–H groups in total. The van der Waals surface area contributed by atoms with E-state index in [0.29, 0.717) is 0 Å². The molecule has 1 aromatic heterocycles. The van der Waals surface area contributed by atoms with Gasteiger partial charge in [0.1, 0.15) is 5.82 Å². The Bertz CT molecular complexity index is 389. The SMILES string of the molecule is NNc1ccc(CN2CCCC3CCCC32)cn1. The van der Waals surface area contributed by atoms with Crippen LogP contribution in [0.3, 0.4) is 0 Å². The minimum absolute atomic E-state index is 0.733. The number of pyridine rings is 1. The first-order valence-electron chi connectivity index (χ1n) is 7.02. The third kappa shape index (κ3) is 2.35. The molecule has 1 aliphatic heterocycles. The summed E-state index contributed by atoms with van der Waals surface area (Å²) in [6.45, 7) is 2.29. The Labute approximate surface area is 109 Å². The molecule has 3 rings (SSSR count). The molecule has 1 saturated carbocycles. The summed E-state index contributed by atoms with van der Waals surface area (Å²) in [5.74, 6) is 7.02. The number of aromatic nitrogens is 1. The maximum Gasteiger partial charge on any atom is 0.139 e. The van der Waals surface area contributed by atoms with Crippen LogP contribution in [0.5, 0.6) is 0 Å². The van der Waals surface area contributed by atoms with Crippen LogP contribution in [0.4, 0.5) is 5.82 Å². The van der Waals surface area contributed by atoms with Gasteiger partial charge in [0.05, 0.1) is 0 Å². The van der Waals surface area contributed by atoms with Gasteiger partial charge in [-0.1, -0.05) is 12.5 Å². The first kappa shape index (κ1) is 11.9. The maximum atomic E-state index is 5.33. The van der Waals surface area contributed by atoms with Crippen LogP contribution in [0.15, 0.2) is 18.3 Å². The van der Waals surface area contributed by atoms with Crippen molar-refractivity contribution >= 4 is 5.82 Å². The fourth-order valence-electron chi connectivity index (χ4n) is 3.59. The van der Waals surface area contributed by atoms with Crippen LogP contribution in [0.25, 0.3) is 0 Å². The third-order valence-corrected chi connectivity index (χ3v) is 4.47. The van der Waals surface area contributed by atoms with Gasteiger partial charge in [-0.05, 0) is 49.8 Å². The van der Waals surface area contributed by atoms with E-state index < -0.39 is 0 Å². The predicted octanol–water partition coefficient (Wildman–Crippen LogP) is 2.13. The molecule has 2 fully saturated rings. The van der Waals surface area contributed by atoms with E-state index in [1.165, 1.54) is 44.2 Å². The lowest BCUT2D eigenvalue weighted by Crippen LogP contribution is -2.41. The second kappa shape index (κ2) is 5.24. The van der Waals surface area contributed by atoms with E-state index in [1.54, 1.807) is 0 Å². The smallest absolute Gasteiger partial charge is 0.139 e. The van der Waals surface area contributed by atoms with Crippen molar-refractivity contribution in [3.63, 3.8) is 0 Å². The largest absolute Gasteiger partial charge is 0.308 e. The third-order valence-electron chi connectivity index (χ3n) is 4.47. The number of hydrazine groups is 1. The normalized spacial score (nSPS) is 28.1. The Hall–Kier alpha value is -1.13. The molecule has 0 aromatic carbocycles. The summed E-state index contributed by atoms with van der Waals surface area (Å²) >= 11 is 0. The lowest BCUT2D eigenvalue weighted by Gasteiger charge is -2.37. The number of fused-ring (bicyclic) bond motifs is 1. The molecule has 1 aromatic rings. The topological polar surface area (TPSA) is 54.2 Å². The standard InChI is InChI=1S/C14H22N4/c15-17-14-7-6-11(9-16-14)10-18-8-2-4-12-3-1-5-13(12)18/h6-7,9,12-13H,1-5,8,10,15H2,(H,16,17). The van der Waals surface area contributed by atoms with E-state index in [2.05, 4.69) is 21.4 Å². The van der Waals surface area contributed by atoms with Gasteiger partial charge in [-0.3, -0.25) is 4.90 Å². The van der Waals surface area contributed by atoms with E-state index in [0.717, 1.165) is 24.3 Å². The molecule has 18 heavy (non-hydrogen) atoms. The zero-order valence-corrected chi connectivity index (χ0v) is 10.8. The molecular formula is C14H22N4. The first-order chi connectivity index (χ1) is 8.86. The molecule has 2 unspecified atom stereocenters. The Balaban J connectivity index is 1.67. The number of hydrogen-bond donors (Lipinski definition) is 2. The van der Waals surface area contributed by atoms with Gasteiger partial charge in [0.15, 0.2) is 0 Å². The maximum absolute atomic E-state index is 5.33. The molecule has 2 atom stereocenters. The number of nitrogens with one attached hydrogen (secondary N) is 1. The fourth-order valence-corrected chi connectivity index (χ4v) is 3.59. The lowest BCUT2D eigenvalue weighted by atomic mass is 9.92. The number of nitrogen functional groups attached to an aromatic ring is 1. The van der Waals surface area contributed by atoms with Crippen LogP contribution in [0.1, 0.15) is 37.7 Å². The van der Waals surface area contributed by atoms with E-state index >= 15 is 0 Å². The molecule has 4 nitrogen and oxygen atoms in total. The van der Waals surface area contributed by atoms with Crippen molar-refractivity contribution in [2.75, 3.05) is 12.0 Å². The second-order valence-corrected chi connectivity index (χ2v) is 5.57. The quantitative estimate of drug-likeness (QED) is 0.633. The summed E-state index contributed by atoms with van der Waals surface area (Å²) in [7, 11) is 0. The van der Waals surface area contributed by atoms with Crippen LogP contribution < -0.4 is 11.3 Å². The van der Waals surface area contributed by atoms with Gasteiger partial charge in [0.25, 0.3) is 0 Å². The number of anilines is 1. The fraction of sp³-hybridized carbons (Fsp3) is 0.643. The number of piperidine rings is 1. The number of rotatable bonds is 3. The highest BCUT2D eigenvalue weighted by molar-refractivity contribution is 5.33. The lowest BCUT2D eigenvalue weighted by molar-refractivity contribution is 0.106. The van der Waals surface area contributed by atoms with Crippen LogP contribution >= 0.6 is 0 Å². The molecule has 1 aliphatic carbocycles. The molecule has 0 spiro atoms. The monoisotopic (exact) mass is 246 g/mol. The van der Waals surface area contributed by atoms with Crippen molar-refractivity contribution in [3.05, 3.63) is 23.9 Å². The summed E-state index contributed by atoms with van der Waals surface area (Å²) in [5, 5.41) is 0. The van der Waals surface area contributed by atoms with E-state index in [9.17, 15) is 0 Å². The van der Waals surface area contributed by atoms with E-state index in [1.807, 2.05) is 12.3 Å². The summed E-state index contributed by atoms with van der Waals surface area (Å²) in [6, 6.07) is 4.90. The minimum Gasteiger partial charge on any atom is -0.308 e. The molecule has 2 aliphatic rings. The van der Waals surface area contributed by atoms with Gasteiger partial charge in [0, 0.05) is 18.8 Å². The van der Waals surface area contributed by atoms with Crippen LogP contribution in [0.2, 0.25) is 0 Å². The van der Waals surface area contributed by atoms with Gasteiger partial charge in [0.2, 0.25) is 0 Å². The van der Waals surface area contributed by atoms with E-state index in [-0.39, 0.29) is 0 Å². The first-order valence-corrected chi connectivity index (χ1v) is 7.02. The zero-order chi connectivity index (χ0) is 12.4. The van der Waals surface area contributed by atoms with Gasteiger partial charge < -0.3 is 5.43 Å². The second-order valence-electron chi connectivity index (χ2n) is 5.57. The van der Waals surface area contributed by atoms with Gasteiger partial charge in [-0.25, -0.2) is 10.8 Å². The van der Waals surface area contributed by atoms with Crippen LogP contribution in [0, 0.1) is 5.92 Å². The van der Waals surface area contributed by atoms with Crippen molar-refractivity contribution in [3.8, 4) is 0 Å². The summed E-state index contributed by atoms with van der Waals surface area (Å²) < 4.78 is 0. The Morgan fingerprint density at radius 1 is 1.28 bits per heavy atom. The minimum atomic E-state index is 0.733. The Morgan fingerprint density at radius 3 is 2.94 bits per heavy atom. The summed E-state index contributed by atoms with van der Waals surface area (Å²) in [5.41, 5.74) is 3.86. The summed E-state index contributed by atoms with van der Waals surface area (Å²) in [4.78, 5) is 6.95. The van der Waals surface area contributed by atoms with Gasteiger partial charge >= 0.3 is 0 Å². The van der Waals surface area contributed by atoms with Gasteiger partial charge in [-0.2, -0.15) is 0 Å². The number of nitrogens with zero attached hydrogens (tertiary/aromatic N) is 2. The number of hydrogen-bond acceptors (Lipinski definition) is 4. The van der Waals surface area contributed by atoms with E-state index in [4.69, 9.17) is 5.84 Å². The van der Waals surface area contributed by atoms with Crippen molar-refractivity contribution < 1.29 is 0 Å². The van der Waals surface area contributed by atoms with Crippen LogP contribution in [-0.4, -0.2) is 22.5 Å². The summed E-state index contributed by atoms with van der Waals surface area (Å²) in [6.07, 6.45) is 8.98. The van der Waals surface area contributed by atoms with Gasteiger partial charge in [-0.15, -0.1) is 0 Å². The van der Waals surface area contributed by atoms with Crippen LogP contribution in [-0.2, 0) is 6.54 Å². The van der Waals surface area contributed by atoms with Crippen molar-refractivity contribution in [1.29, 1.82) is 0 Å². The molecule has 98 valence electrons. The molecule has 0 radical (unpaired) electrons. The van der Waals surface area contributed by atoms with Crippen molar-refractivity contribution in [2.45, 2.75) is 44.7 Å². The molecule has 0 amide bonds. The molecular weight excluding hydrogens is 224 g/mol.